The summed E-state index contributed by atoms with van der Waals surface area (Å²) < 4.78 is 13.8. The van der Waals surface area contributed by atoms with Gasteiger partial charge in [-0.3, -0.25) is 4.79 Å². The molecule has 0 bridgehead atoms. The van der Waals surface area contributed by atoms with E-state index in [1.807, 2.05) is 0 Å². The Morgan fingerprint density at radius 2 is 2.35 bits per heavy atom. The summed E-state index contributed by atoms with van der Waals surface area (Å²) in [7, 11) is 0. The van der Waals surface area contributed by atoms with Gasteiger partial charge in [0.25, 0.3) is 0 Å². The molecule has 2 nitrogen and oxygen atoms in total. The molecule has 0 spiro atoms. The molecule has 0 aromatic heterocycles. The van der Waals surface area contributed by atoms with Crippen LogP contribution in [-0.2, 0) is 11.2 Å². The van der Waals surface area contributed by atoms with Crippen molar-refractivity contribution in [3.63, 3.8) is 0 Å². The van der Waals surface area contributed by atoms with Gasteiger partial charge in [0, 0.05) is 28.9 Å². The van der Waals surface area contributed by atoms with Crippen molar-refractivity contribution in [1.29, 1.82) is 0 Å². The average Bonchev–Trinajstić information content (AvgIpc) is 2.28. The fraction of sp³-hybridized carbons (Fsp3) is 0.417. The van der Waals surface area contributed by atoms with E-state index in [-0.39, 0.29) is 24.1 Å². The molecule has 1 N–H and O–H groups in total. The van der Waals surface area contributed by atoms with Crippen molar-refractivity contribution in [1.82, 2.24) is 5.32 Å². The molecule has 1 heterocycles. The van der Waals surface area contributed by atoms with E-state index in [2.05, 4.69) is 21.2 Å². The van der Waals surface area contributed by atoms with Gasteiger partial charge in [0.1, 0.15) is 5.82 Å². The van der Waals surface area contributed by atoms with Gasteiger partial charge in [-0.05, 0) is 23.8 Å². The maximum absolute atomic E-state index is 13.2. The first-order valence-electron chi connectivity index (χ1n) is 5.44. The minimum atomic E-state index is -0.312. The first kappa shape index (κ1) is 13.1. The minimum absolute atomic E-state index is 0.0872. The van der Waals surface area contributed by atoms with Gasteiger partial charge in [0.15, 0.2) is 5.78 Å². The molecule has 1 fully saturated rings. The predicted molar refractivity (Wildman–Crippen MR) is 71.9 cm³/mol. The van der Waals surface area contributed by atoms with Crippen LogP contribution in [0.3, 0.4) is 0 Å². The second-order valence-electron chi connectivity index (χ2n) is 4.00. The molecule has 2 rings (SSSR count). The Kier molecular flexibility index (Phi) is 4.59. The Hall–Kier alpha value is -0.390. The topological polar surface area (TPSA) is 29.1 Å². The smallest absolute Gasteiger partial charge is 0.154 e. The summed E-state index contributed by atoms with van der Waals surface area (Å²) in [5.41, 5.74) is 0.722. The Balaban J connectivity index is 2.01. The van der Waals surface area contributed by atoms with Crippen molar-refractivity contribution < 1.29 is 9.18 Å². The van der Waals surface area contributed by atoms with Crippen LogP contribution >= 0.6 is 27.7 Å². The van der Waals surface area contributed by atoms with Gasteiger partial charge in [0.05, 0.1) is 6.04 Å². The summed E-state index contributed by atoms with van der Waals surface area (Å²) in [4.78, 5) is 12.0. The number of halogens is 2. The summed E-state index contributed by atoms with van der Waals surface area (Å²) in [6, 6.07) is 4.51. The molecular formula is C12H13BrFNOS. The third kappa shape index (κ3) is 3.79. The summed E-state index contributed by atoms with van der Waals surface area (Å²) in [6.07, 6.45) is 0.286. The van der Waals surface area contributed by atoms with Crippen LogP contribution in [-0.4, -0.2) is 29.9 Å². The molecule has 92 valence electrons. The number of nitrogens with one attached hydrogen (secondary N) is 1. The molecule has 1 saturated heterocycles. The molecule has 1 aliphatic heterocycles. The Bertz CT molecular complexity index is 401. The fourth-order valence-corrected chi connectivity index (χ4v) is 3.29. The van der Waals surface area contributed by atoms with Gasteiger partial charge < -0.3 is 5.32 Å². The maximum atomic E-state index is 13.2. The van der Waals surface area contributed by atoms with Crippen molar-refractivity contribution in [3.05, 3.63) is 34.1 Å². The molecule has 1 atom stereocenters. The summed E-state index contributed by atoms with van der Waals surface area (Å²) >= 11 is 5.01. The van der Waals surface area contributed by atoms with Crippen molar-refractivity contribution in [2.75, 3.05) is 18.1 Å². The SMILES string of the molecule is O=C(Cc1cc(F)cc(Br)c1)C1CSCCN1. The van der Waals surface area contributed by atoms with Crippen LogP contribution in [0.25, 0.3) is 0 Å². The van der Waals surface area contributed by atoms with E-state index in [0.29, 0.717) is 4.47 Å². The van der Waals surface area contributed by atoms with Crippen molar-refractivity contribution >= 4 is 33.5 Å². The van der Waals surface area contributed by atoms with Crippen molar-refractivity contribution in [3.8, 4) is 0 Å². The molecule has 1 aromatic carbocycles. The van der Waals surface area contributed by atoms with Crippen molar-refractivity contribution in [2.45, 2.75) is 12.5 Å². The van der Waals surface area contributed by atoms with Crippen LogP contribution in [0.4, 0.5) is 4.39 Å². The van der Waals surface area contributed by atoms with Gasteiger partial charge >= 0.3 is 0 Å². The number of ketones is 1. The summed E-state index contributed by atoms with van der Waals surface area (Å²) in [5, 5.41) is 3.19. The standard InChI is InChI=1S/C12H13BrFNOS/c13-9-3-8(4-10(14)6-9)5-12(16)11-7-17-2-1-15-11/h3-4,6,11,15H,1-2,5,7H2. The molecule has 1 unspecified atom stereocenters. The predicted octanol–water partition coefficient (Wildman–Crippen LogP) is 2.40. The molecule has 17 heavy (non-hydrogen) atoms. The van der Waals surface area contributed by atoms with Gasteiger partial charge in [0.2, 0.25) is 0 Å². The van der Waals surface area contributed by atoms with Crippen molar-refractivity contribution in [2.24, 2.45) is 0 Å². The van der Waals surface area contributed by atoms with Crippen LogP contribution in [0.1, 0.15) is 5.56 Å². The molecule has 0 saturated carbocycles. The monoisotopic (exact) mass is 317 g/mol. The minimum Gasteiger partial charge on any atom is -0.306 e. The van der Waals surface area contributed by atoms with Crippen LogP contribution in [0.2, 0.25) is 0 Å². The van der Waals surface area contributed by atoms with Crippen LogP contribution < -0.4 is 5.32 Å². The number of thioether (sulfide) groups is 1. The van der Waals surface area contributed by atoms with Crippen LogP contribution in [0.5, 0.6) is 0 Å². The number of benzene rings is 1. The summed E-state index contributed by atoms with van der Waals surface area (Å²) in [6.45, 7) is 0.869. The Labute approximate surface area is 112 Å². The normalized spacial score (nSPS) is 20.2. The average molecular weight is 318 g/mol. The number of Topliss-reactive ketones (excluding diaryl/α,β-unsaturated/α-hetero) is 1. The van der Waals surface area contributed by atoms with Gasteiger partial charge in [-0.15, -0.1) is 0 Å². The first-order chi connectivity index (χ1) is 8.15. The lowest BCUT2D eigenvalue weighted by molar-refractivity contribution is -0.119. The number of rotatable bonds is 3. The van der Waals surface area contributed by atoms with Crippen LogP contribution in [0, 0.1) is 5.82 Å². The molecule has 1 aromatic rings. The second-order valence-corrected chi connectivity index (χ2v) is 6.07. The van der Waals surface area contributed by atoms with E-state index < -0.39 is 0 Å². The zero-order valence-electron chi connectivity index (χ0n) is 9.21. The first-order valence-corrected chi connectivity index (χ1v) is 7.39. The van der Waals surface area contributed by atoms with E-state index in [1.165, 1.54) is 12.1 Å². The van der Waals surface area contributed by atoms with E-state index in [4.69, 9.17) is 0 Å². The number of hydrogen-bond donors (Lipinski definition) is 1. The number of hydrogen-bond acceptors (Lipinski definition) is 3. The van der Waals surface area contributed by atoms with E-state index in [9.17, 15) is 9.18 Å². The lowest BCUT2D eigenvalue weighted by Gasteiger charge is -2.21. The zero-order valence-corrected chi connectivity index (χ0v) is 11.6. The number of carbonyl (C=O) groups excluding carboxylic acids is 1. The molecule has 0 radical (unpaired) electrons. The Morgan fingerprint density at radius 3 is 3.00 bits per heavy atom. The number of carbonyl (C=O) groups is 1. The van der Waals surface area contributed by atoms with Crippen LogP contribution in [0.15, 0.2) is 22.7 Å². The second kappa shape index (κ2) is 5.98. The molecule has 5 heteroatoms. The largest absolute Gasteiger partial charge is 0.306 e. The third-order valence-electron chi connectivity index (χ3n) is 2.61. The van der Waals surface area contributed by atoms with Gasteiger partial charge in [-0.25, -0.2) is 4.39 Å². The zero-order chi connectivity index (χ0) is 12.3. The highest BCUT2D eigenvalue weighted by molar-refractivity contribution is 9.10. The highest BCUT2D eigenvalue weighted by atomic mass is 79.9. The fourth-order valence-electron chi connectivity index (χ4n) is 1.81. The lowest BCUT2D eigenvalue weighted by atomic mass is 10.0. The molecule has 0 amide bonds. The molecule has 0 aliphatic carbocycles. The van der Waals surface area contributed by atoms with Gasteiger partial charge in [-0.2, -0.15) is 11.8 Å². The Morgan fingerprint density at radius 1 is 1.53 bits per heavy atom. The third-order valence-corrected chi connectivity index (χ3v) is 4.13. The maximum Gasteiger partial charge on any atom is 0.154 e. The highest BCUT2D eigenvalue weighted by Gasteiger charge is 2.20. The van der Waals surface area contributed by atoms with Gasteiger partial charge in [-0.1, -0.05) is 15.9 Å². The van der Waals surface area contributed by atoms with E-state index in [0.717, 1.165) is 23.6 Å². The van der Waals surface area contributed by atoms with E-state index >= 15 is 0 Å². The molecule has 1 aliphatic rings. The summed E-state index contributed by atoms with van der Waals surface area (Å²) in [5.74, 6) is 1.69. The lowest BCUT2D eigenvalue weighted by Crippen LogP contribution is -2.44. The van der Waals surface area contributed by atoms with E-state index in [1.54, 1.807) is 17.8 Å². The highest BCUT2D eigenvalue weighted by Crippen LogP contribution is 2.17. The quantitative estimate of drug-likeness (QED) is 0.928. The molecular weight excluding hydrogens is 305 g/mol.